The van der Waals surface area contributed by atoms with Crippen LogP contribution in [-0.2, 0) is 11.2 Å². The highest BCUT2D eigenvalue weighted by Crippen LogP contribution is 2.61. The van der Waals surface area contributed by atoms with Gasteiger partial charge >= 0.3 is 12.1 Å². The lowest BCUT2D eigenvalue weighted by Crippen LogP contribution is -2.45. The van der Waals surface area contributed by atoms with Gasteiger partial charge in [-0.3, -0.25) is 0 Å². The van der Waals surface area contributed by atoms with E-state index in [0.717, 1.165) is 38.5 Å². The molecular formula is C32H31N3O4. The third kappa shape index (κ3) is 4.03. The fraction of sp³-hybridized carbons (Fsp3) is 0.375. The van der Waals surface area contributed by atoms with Gasteiger partial charge in [0.15, 0.2) is 0 Å². The van der Waals surface area contributed by atoms with E-state index in [2.05, 4.69) is 29.4 Å². The number of para-hydroxylation sites is 1. The summed E-state index contributed by atoms with van der Waals surface area (Å²) in [6, 6.07) is 22.7. The van der Waals surface area contributed by atoms with Crippen molar-refractivity contribution in [3.63, 3.8) is 0 Å². The molecule has 0 spiro atoms. The van der Waals surface area contributed by atoms with Gasteiger partial charge in [-0.25, -0.2) is 9.59 Å². The van der Waals surface area contributed by atoms with Crippen LogP contribution in [0, 0.1) is 17.3 Å². The van der Waals surface area contributed by atoms with Gasteiger partial charge in [0.25, 0.3) is 0 Å². The second-order valence-electron chi connectivity index (χ2n) is 11.5. The molecule has 198 valence electrons. The van der Waals surface area contributed by atoms with Gasteiger partial charge in [-0.05, 0) is 104 Å². The van der Waals surface area contributed by atoms with Gasteiger partial charge in [0, 0.05) is 5.41 Å². The van der Waals surface area contributed by atoms with Crippen LogP contribution in [0.5, 0.6) is 5.75 Å². The second kappa shape index (κ2) is 9.33. The summed E-state index contributed by atoms with van der Waals surface area (Å²) in [5.41, 5.74) is 4.54. The first-order chi connectivity index (χ1) is 19.0. The predicted octanol–water partition coefficient (Wildman–Crippen LogP) is 6.56. The molecule has 2 fully saturated rings. The van der Waals surface area contributed by atoms with E-state index >= 15 is 0 Å². The van der Waals surface area contributed by atoms with E-state index in [4.69, 9.17) is 9.47 Å². The normalized spacial score (nSPS) is 27.3. The topological polar surface area (TPSA) is 83.3 Å². The molecule has 0 bridgehead atoms. The lowest BCUT2D eigenvalue weighted by atomic mass is 9.55. The summed E-state index contributed by atoms with van der Waals surface area (Å²) in [6.07, 6.45) is 5.52. The maximum absolute atomic E-state index is 13.1. The molecule has 0 saturated heterocycles. The van der Waals surface area contributed by atoms with E-state index in [1.165, 1.54) is 15.8 Å². The third-order valence-corrected chi connectivity index (χ3v) is 9.60. The molecule has 3 aliphatic rings. The number of carbonyl (C=O) groups excluding carboxylic acids is 2. The zero-order valence-corrected chi connectivity index (χ0v) is 22.0. The van der Waals surface area contributed by atoms with Crippen molar-refractivity contribution in [3.05, 3.63) is 89.5 Å². The maximum Gasteiger partial charge on any atom is 0.437 e. The number of benzene rings is 3. The van der Waals surface area contributed by atoms with Crippen LogP contribution in [0.15, 0.2) is 72.8 Å². The minimum Gasteiger partial charge on any atom is -0.444 e. The number of hydrogen-bond acceptors (Lipinski definition) is 6. The number of aryl methyl sites for hydroxylation is 1. The number of hydrogen-bond donors (Lipinski definition) is 0. The van der Waals surface area contributed by atoms with Crippen molar-refractivity contribution in [1.29, 1.82) is 0 Å². The van der Waals surface area contributed by atoms with Gasteiger partial charge in [0.2, 0.25) is 0 Å². The first-order valence-corrected chi connectivity index (χ1v) is 13.9. The van der Waals surface area contributed by atoms with Crippen molar-refractivity contribution in [1.82, 2.24) is 15.0 Å². The summed E-state index contributed by atoms with van der Waals surface area (Å²) in [4.78, 5) is 25.7. The number of aromatic nitrogens is 3. The Morgan fingerprint density at radius 1 is 0.949 bits per heavy atom. The molecule has 7 heteroatoms. The number of fused-ring (bicyclic) bond motifs is 6. The van der Waals surface area contributed by atoms with Gasteiger partial charge in [-0.15, -0.1) is 9.78 Å². The van der Waals surface area contributed by atoms with Crippen molar-refractivity contribution in [2.24, 2.45) is 17.3 Å². The second-order valence-corrected chi connectivity index (χ2v) is 11.5. The van der Waals surface area contributed by atoms with Crippen LogP contribution in [0.1, 0.15) is 66.4 Å². The third-order valence-electron chi connectivity index (χ3n) is 9.60. The van der Waals surface area contributed by atoms with E-state index < -0.39 is 6.09 Å². The Kier molecular flexibility index (Phi) is 5.76. The molecule has 0 aliphatic heterocycles. The number of ether oxygens (including phenoxy) is 2. The SMILES string of the molecule is C[C@]12CC[C@@H]3c4ccc(OC(=O)c5ccccc5)cc4CC[C@H]3[C@@H]1CC[C@@H]2OC(=O)n1nnc2ccccc21. The molecule has 0 amide bonds. The maximum atomic E-state index is 13.1. The molecule has 0 unspecified atom stereocenters. The molecule has 3 aliphatic carbocycles. The summed E-state index contributed by atoms with van der Waals surface area (Å²) in [7, 11) is 0. The fourth-order valence-electron chi connectivity index (χ4n) is 7.68. The number of nitrogens with zero attached hydrogens (tertiary/aromatic N) is 3. The van der Waals surface area contributed by atoms with Gasteiger partial charge in [-0.1, -0.05) is 48.5 Å². The summed E-state index contributed by atoms with van der Waals surface area (Å²) in [5, 5.41) is 8.17. The lowest BCUT2D eigenvalue weighted by molar-refractivity contribution is -0.0316. The zero-order chi connectivity index (χ0) is 26.6. The van der Waals surface area contributed by atoms with E-state index in [0.29, 0.717) is 40.1 Å². The van der Waals surface area contributed by atoms with Crippen LogP contribution in [0.25, 0.3) is 11.0 Å². The Morgan fingerprint density at radius 3 is 2.64 bits per heavy atom. The molecule has 5 atom stereocenters. The highest BCUT2D eigenvalue weighted by molar-refractivity contribution is 5.91. The Labute approximate surface area is 227 Å². The molecule has 1 aromatic heterocycles. The molecule has 4 aromatic rings. The molecular weight excluding hydrogens is 490 g/mol. The highest BCUT2D eigenvalue weighted by atomic mass is 16.6. The fourth-order valence-corrected chi connectivity index (χ4v) is 7.68. The predicted molar refractivity (Wildman–Crippen MR) is 146 cm³/mol. The van der Waals surface area contributed by atoms with Crippen LogP contribution in [0.4, 0.5) is 4.79 Å². The van der Waals surface area contributed by atoms with Crippen molar-refractivity contribution in [2.75, 3.05) is 0 Å². The van der Waals surface area contributed by atoms with Gasteiger partial charge in [0.1, 0.15) is 22.9 Å². The van der Waals surface area contributed by atoms with E-state index in [9.17, 15) is 9.59 Å². The molecule has 0 radical (unpaired) electrons. The largest absolute Gasteiger partial charge is 0.444 e. The summed E-state index contributed by atoms with van der Waals surface area (Å²) in [5.74, 6) is 1.83. The first kappa shape index (κ1) is 24.1. The summed E-state index contributed by atoms with van der Waals surface area (Å²) in [6.45, 7) is 2.32. The highest BCUT2D eigenvalue weighted by Gasteiger charge is 2.56. The Morgan fingerprint density at radius 2 is 1.77 bits per heavy atom. The molecule has 7 rings (SSSR count). The quantitative estimate of drug-likeness (QED) is 0.224. The van der Waals surface area contributed by atoms with E-state index in [-0.39, 0.29) is 17.5 Å². The molecule has 3 aromatic carbocycles. The standard InChI is InChI=1S/C32H31N3O4/c1-32-18-17-24-23-14-12-22(38-30(36)20-7-3-2-4-8-20)19-21(23)11-13-25(24)26(32)15-16-29(32)39-31(37)35-28-10-6-5-9-27(28)33-34-35/h2-10,12,14,19,24-26,29H,11,13,15-18H2,1H3/t24-,25-,26+,29+,32+/m1/s1. The van der Waals surface area contributed by atoms with Gasteiger partial charge < -0.3 is 9.47 Å². The average Bonchev–Trinajstić information content (AvgIpc) is 3.54. The minimum absolute atomic E-state index is 0.0458. The Balaban J connectivity index is 1.07. The molecule has 2 saturated carbocycles. The van der Waals surface area contributed by atoms with Crippen molar-refractivity contribution in [2.45, 2.75) is 57.5 Å². The Bertz CT molecular complexity index is 1560. The smallest absolute Gasteiger partial charge is 0.437 e. The summed E-state index contributed by atoms with van der Waals surface area (Å²) < 4.78 is 13.1. The van der Waals surface area contributed by atoms with Crippen LogP contribution in [-0.4, -0.2) is 33.2 Å². The number of carbonyl (C=O) groups is 2. The van der Waals surface area contributed by atoms with Crippen LogP contribution < -0.4 is 4.74 Å². The molecule has 1 heterocycles. The molecule has 7 nitrogen and oxygen atoms in total. The lowest BCUT2D eigenvalue weighted by Gasteiger charge is -2.50. The van der Waals surface area contributed by atoms with Gasteiger partial charge in [0.05, 0.1) is 5.56 Å². The van der Waals surface area contributed by atoms with Crippen LogP contribution in [0.3, 0.4) is 0 Å². The molecule has 39 heavy (non-hydrogen) atoms. The number of esters is 1. The average molecular weight is 522 g/mol. The van der Waals surface area contributed by atoms with Crippen LogP contribution >= 0.6 is 0 Å². The van der Waals surface area contributed by atoms with Crippen molar-refractivity contribution in [3.8, 4) is 5.75 Å². The zero-order valence-electron chi connectivity index (χ0n) is 22.0. The van der Waals surface area contributed by atoms with E-state index in [1.54, 1.807) is 12.1 Å². The van der Waals surface area contributed by atoms with Gasteiger partial charge in [-0.2, -0.15) is 0 Å². The first-order valence-electron chi connectivity index (χ1n) is 13.9. The van der Waals surface area contributed by atoms with E-state index in [1.807, 2.05) is 48.5 Å². The summed E-state index contributed by atoms with van der Waals surface area (Å²) >= 11 is 0. The van der Waals surface area contributed by atoms with Crippen molar-refractivity contribution < 1.29 is 19.1 Å². The molecule has 0 N–H and O–H groups in total. The minimum atomic E-state index is -0.440. The Hall–Kier alpha value is -4.00. The monoisotopic (exact) mass is 521 g/mol. The number of rotatable bonds is 3. The van der Waals surface area contributed by atoms with Crippen LogP contribution in [0.2, 0.25) is 0 Å². The van der Waals surface area contributed by atoms with Crippen molar-refractivity contribution >= 4 is 23.1 Å².